The maximum absolute atomic E-state index is 12.3. The third-order valence-corrected chi connectivity index (χ3v) is 4.36. The molecule has 0 unspecified atom stereocenters. The minimum atomic E-state index is -0.265. The van der Waals surface area contributed by atoms with Crippen LogP contribution in [-0.4, -0.2) is 21.0 Å². The van der Waals surface area contributed by atoms with Gasteiger partial charge in [0.25, 0.3) is 5.91 Å². The Morgan fingerprint density at radius 2 is 1.96 bits per heavy atom. The van der Waals surface area contributed by atoms with Gasteiger partial charge in [-0.25, -0.2) is 9.97 Å². The van der Waals surface area contributed by atoms with Gasteiger partial charge in [-0.05, 0) is 24.3 Å². The van der Waals surface area contributed by atoms with E-state index in [0.717, 1.165) is 16.6 Å². The number of hydrogen-bond acceptors (Lipinski definition) is 5. The van der Waals surface area contributed by atoms with Crippen molar-refractivity contribution in [1.29, 1.82) is 0 Å². The molecule has 25 heavy (non-hydrogen) atoms. The molecule has 4 rings (SSSR count). The summed E-state index contributed by atoms with van der Waals surface area (Å²) in [4.78, 5) is 21.0. The summed E-state index contributed by atoms with van der Waals surface area (Å²) in [5, 5.41) is 15.2. The molecular formula is C19H13N3O2S. The van der Waals surface area contributed by atoms with Crippen molar-refractivity contribution < 1.29 is 9.90 Å². The number of carbonyl (C=O) groups is 1. The molecule has 0 radical (unpaired) electrons. The molecule has 2 aromatic heterocycles. The molecule has 0 saturated heterocycles. The molecule has 2 heterocycles. The van der Waals surface area contributed by atoms with Crippen LogP contribution in [-0.2, 0) is 0 Å². The Morgan fingerprint density at radius 3 is 2.76 bits per heavy atom. The van der Waals surface area contributed by atoms with Gasteiger partial charge < -0.3 is 10.4 Å². The third kappa shape index (κ3) is 3.07. The van der Waals surface area contributed by atoms with Crippen LogP contribution < -0.4 is 5.32 Å². The van der Waals surface area contributed by atoms with E-state index in [1.165, 1.54) is 11.3 Å². The number of thiazole rings is 1. The molecule has 1 amide bonds. The van der Waals surface area contributed by atoms with E-state index in [0.29, 0.717) is 16.9 Å². The Balaban J connectivity index is 1.77. The van der Waals surface area contributed by atoms with Gasteiger partial charge in [0.15, 0.2) is 0 Å². The average molecular weight is 347 g/mol. The molecule has 5 nitrogen and oxygen atoms in total. The number of nitrogens with zero attached hydrogens (tertiary/aromatic N) is 2. The van der Waals surface area contributed by atoms with Crippen LogP contribution in [0.4, 0.5) is 5.69 Å². The summed E-state index contributed by atoms with van der Waals surface area (Å²) in [7, 11) is 0. The fourth-order valence-corrected chi connectivity index (χ4v) is 3.12. The topological polar surface area (TPSA) is 75.1 Å². The SMILES string of the molecule is O=C(Nc1cccc2ccc(-c3cccc(O)c3)nc12)c1cscn1. The largest absolute Gasteiger partial charge is 0.508 e. The number of pyridine rings is 1. The summed E-state index contributed by atoms with van der Waals surface area (Å²) in [5.74, 6) is -0.0807. The van der Waals surface area contributed by atoms with Crippen LogP contribution in [0.3, 0.4) is 0 Å². The van der Waals surface area contributed by atoms with Gasteiger partial charge in [-0.2, -0.15) is 0 Å². The van der Waals surface area contributed by atoms with E-state index in [9.17, 15) is 9.90 Å². The highest BCUT2D eigenvalue weighted by molar-refractivity contribution is 7.07. The van der Waals surface area contributed by atoms with Gasteiger partial charge in [0.2, 0.25) is 0 Å². The number of nitrogens with one attached hydrogen (secondary N) is 1. The van der Waals surface area contributed by atoms with Crippen LogP contribution in [0.5, 0.6) is 5.75 Å². The Bertz CT molecular complexity index is 1060. The Labute approximate surface area is 147 Å². The number of carbonyl (C=O) groups excluding carboxylic acids is 1. The van der Waals surface area contributed by atoms with E-state index in [1.807, 2.05) is 36.4 Å². The summed E-state index contributed by atoms with van der Waals surface area (Å²) >= 11 is 1.37. The average Bonchev–Trinajstić information content (AvgIpc) is 3.16. The number of rotatable bonds is 3. The van der Waals surface area contributed by atoms with Crippen LogP contribution in [0.1, 0.15) is 10.5 Å². The van der Waals surface area contributed by atoms with Gasteiger partial charge in [0.1, 0.15) is 11.4 Å². The smallest absolute Gasteiger partial charge is 0.275 e. The van der Waals surface area contributed by atoms with Crippen molar-refractivity contribution >= 4 is 33.8 Å². The first-order valence-corrected chi connectivity index (χ1v) is 8.54. The van der Waals surface area contributed by atoms with Crippen LogP contribution in [0.2, 0.25) is 0 Å². The molecular weight excluding hydrogens is 334 g/mol. The van der Waals surface area contributed by atoms with Gasteiger partial charge in [-0.3, -0.25) is 4.79 Å². The minimum absolute atomic E-state index is 0.185. The Kier molecular flexibility index (Phi) is 3.87. The monoisotopic (exact) mass is 347 g/mol. The number of amides is 1. The number of anilines is 1. The third-order valence-electron chi connectivity index (χ3n) is 3.78. The Hall–Kier alpha value is -3.25. The molecule has 0 fully saturated rings. The van der Waals surface area contributed by atoms with Crippen molar-refractivity contribution in [1.82, 2.24) is 9.97 Å². The summed E-state index contributed by atoms with van der Waals surface area (Å²) < 4.78 is 0. The van der Waals surface area contributed by atoms with Crippen molar-refractivity contribution in [3.05, 3.63) is 71.2 Å². The van der Waals surface area contributed by atoms with E-state index in [-0.39, 0.29) is 11.7 Å². The first-order valence-electron chi connectivity index (χ1n) is 7.59. The molecule has 2 N–H and O–H groups in total. The highest BCUT2D eigenvalue weighted by Gasteiger charge is 2.11. The lowest BCUT2D eigenvalue weighted by Gasteiger charge is -2.09. The molecule has 0 aliphatic carbocycles. The summed E-state index contributed by atoms with van der Waals surface area (Å²) in [6.07, 6.45) is 0. The number of benzene rings is 2. The molecule has 0 atom stereocenters. The van der Waals surface area contributed by atoms with Crippen molar-refractivity contribution in [2.75, 3.05) is 5.32 Å². The molecule has 0 aliphatic rings. The Morgan fingerprint density at radius 1 is 1.08 bits per heavy atom. The zero-order valence-corrected chi connectivity index (χ0v) is 13.8. The highest BCUT2D eigenvalue weighted by Crippen LogP contribution is 2.27. The van der Waals surface area contributed by atoms with Crippen LogP contribution in [0.25, 0.3) is 22.2 Å². The molecule has 4 aromatic rings. The quantitative estimate of drug-likeness (QED) is 0.579. The highest BCUT2D eigenvalue weighted by atomic mass is 32.1. The molecule has 0 aliphatic heterocycles. The van der Waals surface area contributed by atoms with Gasteiger partial charge >= 0.3 is 0 Å². The van der Waals surface area contributed by atoms with Crippen LogP contribution >= 0.6 is 11.3 Å². The van der Waals surface area contributed by atoms with Gasteiger partial charge in [0, 0.05) is 16.3 Å². The van der Waals surface area contributed by atoms with Gasteiger partial charge in [0.05, 0.1) is 22.4 Å². The fourth-order valence-electron chi connectivity index (χ4n) is 2.58. The summed E-state index contributed by atoms with van der Waals surface area (Å²) in [6, 6.07) is 16.4. The zero-order chi connectivity index (χ0) is 17.2. The van der Waals surface area contributed by atoms with Crippen LogP contribution in [0.15, 0.2) is 65.5 Å². The standard InChI is InChI=1S/C19H13N3O2S/c23-14-5-1-4-13(9-14)15-8-7-12-3-2-6-16(18(12)21-15)22-19(24)17-10-25-11-20-17/h1-11,23H,(H,22,24). The number of para-hydroxylation sites is 1. The second-order valence-corrected chi connectivity index (χ2v) is 6.17. The number of hydrogen-bond donors (Lipinski definition) is 2. The van der Waals surface area contributed by atoms with E-state index < -0.39 is 0 Å². The van der Waals surface area contributed by atoms with Crippen molar-refractivity contribution in [3.8, 4) is 17.0 Å². The predicted octanol–water partition coefficient (Wildman–Crippen LogP) is 4.32. The lowest BCUT2D eigenvalue weighted by molar-refractivity contribution is 0.102. The molecule has 2 aromatic carbocycles. The molecule has 122 valence electrons. The minimum Gasteiger partial charge on any atom is -0.508 e. The summed E-state index contributed by atoms with van der Waals surface area (Å²) in [5.41, 5.74) is 4.84. The van der Waals surface area contributed by atoms with Crippen molar-refractivity contribution in [3.63, 3.8) is 0 Å². The first-order chi connectivity index (χ1) is 12.2. The maximum Gasteiger partial charge on any atom is 0.275 e. The fraction of sp³-hybridized carbons (Fsp3) is 0. The predicted molar refractivity (Wildman–Crippen MR) is 98.9 cm³/mol. The van der Waals surface area contributed by atoms with Crippen molar-refractivity contribution in [2.45, 2.75) is 0 Å². The number of phenols is 1. The number of aromatic hydroxyl groups is 1. The van der Waals surface area contributed by atoms with Gasteiger partial charge in [-0.15, -0.1) is 11.3 Å². The summed E-state index contributed by atoms with van der Waals surface area (Å²) in [6.45, 7) is 0. The molecule has 6 heteroatoms. The van der Waals surface area contributed by atoms with Crippen molar-refractivity contribution in [2.24, 2.45) is 0 Å². The zero-order valence-electron chi connectivity index (χ0n) is 13.0. The van der Waals surface area contributed by atoms with Gasteiger partial charge in [-0.1, -0.05) is 30.3 Å². The number of aromatic nitrogens is 2. The lowest BCUT2D eigenvalue weighted by Crippen LogP contribution is -2.12. The maximum atomic E-state index is 12.3. The number of phenolic OH excluding ortho intramolecular Hbond substituents is 1. The lowest BCUT2D eigenvalue weighted by atomic mass is 10.1. The normalized spacial score (nSPS) is 10.7. The van der Waals surface area contributed by atoms with E-state index in [2.05, 4.69) is 15.3 Å². The van der Waals surface area contributed by atoms with E-state index in [4.69, 9.17) is 0 Å². The van der Waals surface area contributed by atoms with Crippen LogP contribution in [0, 0.1) is 0 Å². The second kappa shape index (κ2) is 6.33. The van der Waals surface area contributed by atoms with E-state index >= 15 is 0 Å². The number of fused-ring (bicyclic) bond motifs is 1. The molecule has 0 spiro atoms. The first kappa shape index (κ1) is 15.3. The second-order valence-electron chi connectivity index (χ2n) is 5.45. The molecule has 0 saturated carbocycles. The van der Waals surface area contributed by atoms with E-state index in [1.54, 1.807) is 29.1 Å². The molecule has 0 bridgehead atoms.